The molecular weight excluding hydrogens is 282 g/mol. The normalized spacial score (nSPS) is 12.1. The molecule has 23 heavy (non-hydrogen) atoms. The highest BCUT2D eigenvalue weighted by Gasteiger charge is 2.17. The average molecular weight is 299 g/mol. The number of para-hydroxylation sites is 2. The van der Waals surface area contributed by atoms with Gasteiger partial charge in [-0.2, -0.15) is 0 Å². The molecule has 0 fully saturated rings. The zero-order valence-corrected chi connectivity index (χ0v) is 13.5. The molecule has 0 N–H and O–H groups in total. The van der Waals surface area contributed by atoms with Gasteiger partial charge >= 0.3 is 0 Å². The fraction of sp³-hybridized carbons (Fsp3) is 0.143. The number of furan rings is 1. The van der Waals surface area contributed by atoms with Crippen LogP contribution in [0.4, 0.5) is 0 Å². The summed E-state index contributed by atoms with van der Waals surface area (Å²) in [5, 5.41) is 5.00. The molecule has 0 saturated heterocycles. The Labute approximate surface area is 133 Å². The van der Waals surface area contributed by atoms with Gasteiger partial charge in [-0.1, -0.05) is 36.4 Å². The zero-order valence-electron chi connectivity index (χ0n) is 13.5. The molecule has 112 valence electrons. The van der Waals surface area contributed by atoms with Crippen molar-refractivity contribution < 1.29 is 4.42 Å². The molecule has 0 spiro atoms. The Morgan fingerprint density at radius 3 is 2.43 bits per heavy atom. The number of hydrogen-bond acceptors (Lipinski definition) is 1. The van der Waals surface area contributed by atoms with Crippen LogP contribution in [0.3, 0.4) is 0 Å². The molecule has 0 aliphatic rings. The highest BCUT2D eigenvalue weighted by atomic mass is 16.3. The smallest absolute Gasteiger partial charge is 0.136 e. The first kappa shape index (κ1) is 12.8. The monoisotopic (exact) mass is 299 g/mol. The highest BCUT2D eigenvalue weighted by Crippen LogP contribution is 2.39. The van der Waals surface area contributed by atoms with Gasteiger partial charge in [0.15, 0.2) is 0 Å². The summed E-state index contributed by atoms with van der Waals surface area (Å²) in [5.74, 6) is 0. The number of benzene rings is 3. The van der Waals surface area contributed by atoms with Crippen LogP contribution in [0.25, 0.3) is 43.7 Å². The van der Waals surface area contributed by atoms with Gasteiger partial charge in [0.25, 0.3) is 0 Å². The molecule has 0 aliphatic carbocycles. The van der Waals surface area contributed by atoms with Crippen LogP contribution < -0.4 is 0 Å². The number of aromatic nitrogens is 1. The topological polar surface area (TPSA) is 18.1 Å². The minimum atomic E-state index is 0.960. The summed E-state index contributed by atoms with van der Waals surface area (Å²) in [4.78, 5) is 0. The Kier molecular flexibility index (Phi) is 2.31. The highest BCUT2D eigenvalue weighted by molar-refractivity contribution is 6.18. The van der Waals surface area contributed by atoms with Crippen molar-refractivity contribution in [2.24, 2.45) is 7.05 Å². The molecule has 2 heteroatoms. The van der Waals surface area contributed by atoms with Gasteiger partial charge in [0, 0.05) is 28.6 Å². The van der Waals surface area contributed by atoms with E-state index in [9.17, 15) is 0 Å². The molecule has 2 nitrogen and oxygen atoms in total. The second-order valence-corrected chi connectivity index (χ2v) is 6.40. The lowest BCUT2D eigenvalue weighted by molar-refractivity contribution is 0.669. The number of nitrogens with zero attached hydrogens (tertiary/aromatic N) is 1. The molecule has 0 saturated carbocycles. The van der Waals surface area contributed by atoms with Crippen molar-refractivity contribution >= 4 is 43.7 Å². The van der Waals surface area contributed by atoms with Crippen molar-refractivity contribution in [1.82, 2.24) is 4.57 Å². The largest absolute Gasteiger partial charge is 0.456 e. The van der Waals surface area contributed by atoms with Crippen LogP contribution in [0.5, 0.6) is 0 Å². The SMILES string of the molecule is Cc1cccc2c3cc4oc5ccccc5c4c(C)c3n(C)c12. The molecule has 5 aromatic rings. The quantitative estimate of drug-likeness (QED) is 0.351. The first-order valence-electron chi connectivity index (χ1n) is 7.95. The lowest BCUT2D eigenvalue weighted by Gasteiger charge is -2.04. The minimum Gasteiger partial charge on any atom is -0.456 e. The summed E-state index contributed by atoms with van der Waals surface area (Å²) >= 11 is 0. The molecule has 0 radical (unpaired) electrons. The van der Waals surface area contributed by atoms with Gasteiger partial charge in [0.1, 0.15) is 11.2 Å². The zero-order chi connectivity index (χ0) is 15.7. The maximum Gasteiger partial charge on any atom is 0.136 e. The van der Waals surface area contributed by atoms with E-state index in [4.69, 9.17) is 4.42 Å². The number of fused-ring (bicyclic) bond motifs is 6. The van der Waals surface area contributed by atoms with Gasteiger partial charge in [-0.3, -0.25) is 0 Å². The third-order valence-electron chi connectivity index (χ3n) is 5.08. The molecule has 0 amide bonds. The minimum absolute atomic E-state index is 0.960. The molecule has 0 bridgehead atoms. The summed E-state index contributed by atoms with van der Waals surface area (Å²) in [7, 11) is 2.17. The van der Waals surface area contributed by atoms with Gasteiger partial charge in [-0.25, -0.2) is 0 Å². The summed E-state index contributed by atoms with van der Waals surface area (Å²) in [6.45, 7) is 4.39. The Morgan fingerprint density at radius 2 is 1.57 bits per heavy atom. The number of aryl methyl sites for hydroxylation is 3. The van der Waals surface area contributed by atoms with E-state index in [1.807, 2.05) is 12.1 Å². The van der Waals surface area contributed by atoms with Gasteiger partial charge in [-0.05, 0) is 37.1 Å². The molecule has 2 heterocycles. The van der Waals surface area contributed by atoms with Crippen LogP contribution in [-0.4, -0.2) is 4.57 Å². The van der Waals surface area contributed by atoms with Gasteiger partial charge < -0.3 is 8.98 Å². The Balaban J connectivity index is 2.13. The van der Waals surface area contributed by atoms with Crippen molar-refractivity contribution in [1.29, 1.82) is 0 Å². The van der Waals surface area contributed by atoms with Gasteiger partial charge in [0.2, 0.25) is 0 Å². The van der Waals surface area contributed by atoms with E-state index in [-0.39, 0.29) is 0 Å². The van der Waals surface area contributed by atoms with E-state index in [2.05, 4.69) is 61.9 Å². The lowest BCUT2D eigenvalue weighted by atomic mass is 10.0. The van der Waals surface area contributed by atoms with E-state index in [1.165, 1.54) is 43.7 Å². The molecule has 0 unspecified atom stereocenters. The third-order valence-corrected chi connectivity index (χ3v) is 5.08. The van der Waals surface area contributed by atoms with E-state index in [0.29, 0.717) is 0 Å². The average Bonchev–Trinajstić information content (AvgIpc) is 3.05. The predicted octanol–water partition coefficient (Wildman–Crippen LogP) is 5.85. The van der Waals surface area contributed by atoms with Crippen LogP contribution in [0.2, 0.25) is 0 Å². The molecular formula is C21H17NO. The fourth-order valence-corrected chi connectivity index (χ4v) is 4.14. The Hall–Kier alpha value is -2.74. The fourth-order valence-electron chi connectivity index (χ4n) is 4.14. The maximum atomic E-state index is 6.12. The first-order chi connectivity index (χ1) is 11.2. The van der Waals surface area contributed by atoms with Crippen LogP contribution in [0.15, 0.2) is 52.9 Å². The van der Waals surface area contributed by atoms with E-state index >= 15 is 0 Å². The Morgan fingerprint density at radius 1 is 0.783 bits per heavy atom. The summed E-state index contributed by atoms with van der Waals surface area (Å²) < 4.78 is 8.45. The molecule has 2 aromatic heterocycles. The standard InChI is InChI=1S/C21H17NO/c1-12-7-6-9-14-16-11-18-19(13(2)21(16)22(3)20(12)14)15-8-4-5-10-17(15)23-18/h4-11H,1-3H3. The molecule has 5 rings (SSSR count). The summed E-state index contributed by atoms with van der Waals surface area (Å²) in [6, 6.07) is 17.0. The van der Waals surface area contributed by atoms with Crippen molar-refractivity contribution in [2.75, 3.05) is 0 Å². The van der Waals surface area contributed by atoms with Crippen molar-refractivity contribution in [3.8, 4) is 0 Å². The van der Waals surface area contributed by atoms with Crippen molar-refractivity contribution in [3.63, 3.8) is 0 Å². The Bertz CT molecular complexity index is 1240. The van der Waals surface area contributed by atoms with E-state index in [0.717, 1.165) is 11.2 Å². The van der Waals surface area contributed by atoms with Crippen molar-refractivity contribution in [2.45, 2.75) is 13.8 Å². The molecule has 0 aliphatic heterocycles. The van der Waals surface area contributed by atoms with Gasteiger partial charge in [-0.15, -0.1) is 0 Å². The summed E-state index contributed by atoms with van der Waals surface area (Å²) in [6.07, 6.45) is 0. The van der Waals surface area contributed by atoms with E-state index in [1.54, 1.807) is 0 Å². The van der Waals surface area contributed by atoms with E-state index < -0.39 is 0 Å². The summed E-state index contributed by atoms with van der Waals surface area (Å²) in [5.41, 5.74) is 7.14. The van der Waals surface area contributed by atoms with Gasteiger partial charge in [0.05, 0.1) is 11.0 Å². The number of hydrogen-bond donors (Lipinski definition) is 0. The second kappa shape index (κ2) is 4.17. The third kappa shape index (κ3) is 1.48. The van der Waals surface area contributed by atoms with Crippen LogP contribution in [0.1, 0.15) is 11.1 Å². The maximum absolute atomic E-state index is 6.12. The first-order valence-corrected chi connectivity index (χ1v) is 7.95. The van der Waals surface area contributed by atoms with Crippen LogP contribution in [-0.2, 0) is 7.05 Å². The second-order valence-electron chi connectivity index (χ2n) is 6.40. The van der Waals surface area contributed by atoms with Crippen molar-refractivity contribution in [3.05, 3.63) is 59.7 Å². The molecule has 0 atom stereocenters. The van der Waals surface area contributed by atoms with Crippen LogP contribution in [0, 0.1) is 13.8 Å². The lowest BCUT2D eigenvalue weighted by Crippen LogP contribution is -1.91. The predicted molar refractivity (Wildman–Crippen MR) is 97.2 cm³/mol. The van der Waals surface area contributed by atoms with Crippen LogP contribution >= 0.6 is 0 Å². The molecule has 3 aromatic carbocycles. The number of rotatable bonds is 0.